The van der Waals surface area contributed by atoms with E-state index >= 15 is 0 Å². The van der Waals surface area contributed by atoms with Crippen molar-refractivity contribution < 1.29 is 14.6 Å². The molecule has 1 atom stereocenters. The maximum absolute atomic E-state index is 11.2. The van der Waals surface area contributed by atoms with E-state index in [9.17, 15) is 9.90 Å². The van der Waals surface area contributed by atoms with Crippen molar-refractivity contribution in [1.29, 1.82) is 0 Å². The first-order chi connectivity index (χ1) is 10.2. The van der Waals surface area contributed by atoms with Gasteiger partial charge in [0.05, 0.1) is 12.3 Å². The number of carboxylic acids is 1. The topological polar surface area (TPSA) is 71.5 Å². The number of rotatable bonds is 5. The average Bonchev–Trinajstić information content (AvgIpc) is 3.00. The summed E-state index contributed by atoms with van der Waals surface area (Å²) in [5.41, 5.74) is 2.71. The zero-order valence-electron chi connectivity index (χ0n) is 11.6. The van der Waals surface area contributed by atoms with Crippen LogP contribution in [0.1, 0.15) is 28.5 Å². The monoisotopic (exact) mass is 304 g/mol. The van der Waals surface area contributed by atoms with Gasteiger partial charge < -0.3 is 15.2 Å². The number of carboxylic acid groups (broad SMARTS) is 1. The van der Waals surface area contributed by atoms with Crippen LogP contribution in [0, 0.1) is 0 Å². The minimum Gasteiger partial charge on any atom is -0.481 e. The number of aryl methyl sites for hydroxylation is 1. The van der Waals surface area contributed by atoms with Gasteiger partial charge in [0.15, 0.2) is 5.13 Å². The Morgan fingerprint density at radius 3 is 3.10 bits per heavy atom. The van der Waals surface area contributed by atoms with Crippen LogP contribution in [0.3, 0.4) is 0 Å². The molecule has 0 spiro atoms. The van der Waals surface area contributed by atoms with Crippen LogP contribution < -0.4 is 5.32 Å². The summed E-state index contributed by atoms with van der Waals surface area (Å²) in [5, 5.41) is 13.2. The highest BCUT2D eigenvalue weighted by atomic mass is 32.1. The number of hydrogen-bond acceptors (Lipinski definition) is 5. The highest BCUT2D eigenvalue weighted by molar-refractivity contribution is 7.15. The number of nitrogens with one attached hydrogen (secondary N) is 1. The summed E-state index contributed by atoms with van der Waals surface area (Å²) in [4.78, 5) is 16.8. The lowest BCUT2D eigenvalue weighted by Gasteiger charge is -2.09. The molecule has 1 aliphatic rings. The van der Waals surface area contributed by atoms with Crippen LogP contribution in [0.25, 0.3) is 0 Å². The maximum atomic E-state index is 11.2. The second kappa shape index (κ2) is 5.83. The molecule has 0 radical (unpaired) electrons. The van der Waals surface area contributed by atoms with E-state index in [1.165, 1.54) is 11.3 Å². The highest BCUT2D eigenvalue weighted by Gasteiger charge is 2.32. The number of fused-ring (bicyclic) bond motifs is 1. The molecule has 0 bridgehead atoms. The molecule has 5 nitrogen and oxygen atoms in total. The zero-order chi connectivity index (χ0) is 14.8. The van der Waals surface area contributed by atoms with Gasteiger partial charge in [-0.2, -0.15) is 0 Å². The molecule has 0 saturated carbocycles. The SMILES string of the molecule is COCc1ccccc1Nc1nc2c(s1)CCC2C(=O)O. The predicted molar refractivity (Wildman–Crippen MR) is 81.2 cm³/mol. The smallest absolute Gasteiger partial charge is 0.312 e. The summed E-state index contributed by atoms with van der Waals surface area (Å²) in [6.45, 7) is 0.520. The van der Waals surface area contributed by atoms with Crippen LogP contribution in [0.4, 0.5) is 10.8 Å². The number of para-hydroxylation sites is 1. The Labute approximate surface area is 126 Å². The van der Waals surface area contributed by atoms with Gasteiger partial charge in [-0.15, -0.1) is 11.3 Å². The fourth-order valence-electron chi connectivity index (χ4n) is 2.56. The zero-order valence-corrected chi connectivity index (χ0v) is 12.4. The summed E-state index contributed by atoms with van der Waals surface area (Å²) in [6.07, 6.45) is 1.45. The fourth-order valence-corrected chi connectivity index (χ4v) is 3.61. The lowest BCUT2D eigenvalue weighted by Crippen LogP contribution is -2.08. The van der Waals surface area contributed by atoms with Crippen LogP contribution in [0.5, 0.6) is 0 Å². The summed E-state index contributed by atoms with van der Waals surface area (Å²) in [7, 11) is 1.66. The van der Waals surface area contributed by atoms with E-state index in [2.05, 4.69) is 10.3 Å². The molecule has 1 aromatic carbocycles. The van der Waals surface area contributed by atoms with Crippen molar-refractivity contribution in [3.8, 4) is 0 Å². The molecule has 2 aromatic rings. The second-order valence-corrected chi connectivity index (χ2v) is 6.06. The highest BCUT2D eigenvalue weighted by Crippen LogP contribution is 2.39. The van der Waals surface area contributed by atoms with E-state index in [0.29, 0.717) is 13.0 Å². The van der Waals surface area contributed by atoms with E-state index in [-0.39, 0.29) is 0 Å². The largest absolute Gasteiger partial charge is 0.481 e. The molecule has 6 heteroatoms. The average molecular weight is 304 g/mol. The Bertz CT molecular complexity index is 669. The van der Waals surface area contributed by atoms with E-state index in [1.54, 1.807) is 7.11 Å². The molecule has 1 aromatic heterocycles. The number of benzene rings is 1. The van der Waals surface area contributed by atoms with Crippen LogP contribution in [0.15, 0.2) is 24.3 Å². The van der Waals surface area contributed by atoms with Crippen molar-refractivity contribution in [2.24, 2.45) is 0 Å². The Morgan fingerprint density at radius 2 is 2.33 bits per heavy atom. The first-order valence-electron chi connectivity index (χ1n) is 6.75. The molecule has 110 valence electrons. The third kappa shape index (κ3) is 2.77. The number of nitrogens with zero attached hydrogens (tertiary/aromatic N) is 1. The third-order valence-electron chi connectivity index (χ3n) is 3.57. The van der Waals surface area contributed by atoms with Crippen LogP contribution >= 0.6 is 11.3 Å². The van der Waals surface area contributed by atoms with Gasteiger partial charge in [-0.25, -0.2) is 4.98 Å². The molecule has 2 N–H and O–H groups in total. The number of anilines is 2. The van der Waals surface area contributed by atoms with Gasteiger partial charge in [0.2, 0.25) is 0 Å². The van der Waals surface area contributed by atoms with Gasteiger partial charge in [-0.05, 0) is 18.9 Å². The molecule has 21 heavy (non-hydrogen) atoms. The van der Waals surface area contributed by atoms with Crippen molar-refractivity contribution in [2.75, 3.05) is 12.4 Å². The third-order valence-corrected chi connectivity index (χ3v) is 4.62. The van der Waals surface area contributed by atoms with Crippen molar-refractivity contribution in [2.45, 2.75) is 25.4 Å². The lowest BCUT2D eigenvalue weighted by molar-refractivity contribution is -0.138. The second-order valence-electron chi connectivity index (χ2n) is 4.97. The molecule has 1 unspecified atom stereocenters. The Hall–Kier alpha value is -1.92. The van der Waals surface area contributed by atoms with Gasteiger partial charge in [0, 0.05) is 23.2 Å². The number of methoxy groups -OCH3 is 1. The summed E-state index contributed by atoms with van der Waals surface area (Å²) < 4.78 is 5.18. The molecule has 0 amide bonds. The number of ether oxygens (including phenoxy) is 1. The number of thiazole rings is 1. The minimum atomic E-state index is -0.787. The van der Waals surface area contributed by atoms with Gasteiger partial charge in [0.25, 0.3) is 0 Å². The van der Waals surface area contributed by atoms with E-state index in [1.807, 2.05) is 24.3 Å². The molecule has 0 saturated heterocycles. The Balaban J connectivity index is 1.84. The molecule has 0 fully saturated rings. The Morgan fingerprint density at radius 1 is 1.52 bits per heavy atom. The molecular formula is C15H16N2O3S. The maximum Gasteiger partial charge on any atom is 0.312 e. The minimum absolute atomic E-state index is 0.457. The van der Waals surface area contributed by atoms with E-state index in [0.717, 1.165) is 33.4 Å². The quantitative estimate of drug-likeness (QED) is 0.888. The normalized spacial score (nSPS) is 16.7. The number of hydrogen-bond donors (Lipinski definition) is 2. The van der Waals surface area contributed by atoms with Crippen molar-refractivity contribution in [1.82, 2.24) is 4.98 Å². The van der Waals surface area contributed by atoms with E-state index in [4.69, 9.17) is 4.74 Å². The fraction of sp³-hybridized carbons (Fsp3) is 0.333. The Kier molecular flexibility index (Phi) is 3.90. The number of carbonyl (C=O) groups is 1. The molecule has 0 aliphatic heterocycles. The molecule has 3 rings (SSSR count). The van der Waals surface area contributed by atoms with E-state index < -0.39 is 11.9 Å². The van der Waals surface area contributed by atoms with Crippen LogP contribution in [-0.2, 0) is 22.6 Å². The first-order valence-corrected chi connectivity index (χ1v) is 7.57. The van der Waals surface area contributed by atoms with Gasteiger partial charge >= 0.3 is 5.97 Å². The van der Waals surface area contributed by atoms with Gasteiger partial charge in [0.1, 0.15) is 5.92 Å². The molecular weight excluding hydrogens is 288 g/mol. The van der Waals surface area contributed by atoms with Crippen molar-refractivity contribution >= 4 is 28.1 Å². The van der Waals surface area contributed by atoms with Crippen LogP contribution in [-0.4, -0.2) is 23.2 Å². The summed E-state index contributed by atoms with van der Waals surface area (Å²) >= 11 is 1.54. The number of aromatic nitrogens is 1. The van der Waals surface area contributed by atoms with Gasteiger partial charge in [-0.3, -0.25) is 4.79 Å². The predicted octanol–water partition coefficient (Wildman–Crippen LogP) is 3.15. The first kappa shape index (κ1) is 14.0. The lowest BCUT2D eigenvalue weighted by atomic mass is 10.1. The van der Waals surface area contributed by atoms with Crippen molar-refractivity contribution in [3.63, 3.8) is 0 Å². The van der Waals surface area contributed by atoms with Crippen molar-refractivity contribution in [3.05, 3.63) is 40.4 Å². The van der Waals surface area contributed by atoms with Crippen LogP contribution in [0.2, 0.25) is 0 Å². The molecule has 1 heterocycles. The molecule has 1 aliphatic carbocycles. The summed E-state index contributed by atoms with van der Waals surface area (Å²) in [6, 6.07) is 7.87. The number of aliphatic carboxylic acids is 1. The summed E-state index contributed by atoms with van der Waals surface area (Å²) in [5.74, 6) is -1.24. The standard InChI is InChI=1S/C15H16N2O3S/c1-20-8-9-4-2-3-5-11(9)16-15-17-13-10(14(18)19)6-7-12(13)21-15/h2-5,10H,6-8H2,1H3,(H,16,17)(H,18,19). The van der Waals surface area contributed by atoms with Gasteiger partial charge in [-0.1, -0.05) is 18.2 Å².